The van der Waals surface area contributed by atoms with Gasteiger partial charge in [0.15, 0.2) is 0 Å². The van der Waals surface area contributed by atoms with E-state index in [1.54, 1.807) is 4.57 Å². The molecule has 2 rings (SSSR count). The van der Waals surface area contributed by atoms with Crippen molar-refractivity contribution in [3.05, 3.63) is 46.9 Å². The van der Waals surface area contributed by atoms with Crippen molar-refractivity contribution in [2.24, 2.45) is 0 Å². The highest BCUT2D eigenvalue weighted by molar-refractivity contribution is 9.09. The maximum Gasteiger partial charge on any atom is 0.258 e. The van der Waals surface area contributed by atoms with Gasteiger partial charge in [-0.1, -0.05) is 34.1 Å². The van der Waals surface area contributed by atoms with E-state index < -0.39 is 0 Å². The summed E-state index contributed by atoms with van der Waals surface area (Å²) in [6, 6.07) is 9.73. The molecule has 3 heteroatoms. The first-order valence-electron chi connectivity index (χ1n) is 5.47. The SMILES string of the molecule is O=c1c2ccccc2ccn1CCCCBr. The van der Waals surface area contributed by atoms with Crippen molar-refractivity contribution in [3.63, 3.8) is 0 Å². The lowest BCUT2D eigenvalue weighted by atomic mass is 10.2. The topological polar surface area (TPSA) is 22.0 Å². The zero-order chi connectivity index (χ0) is 11.4. The Bertz CT molecular complexity index is 533. The molecule has 16 heavy (non-hydrogen) atoms. The maximum absolute atomic E-state index is 12.1. The number of hydrogen-bond donors (Lipinski definition) is 0. The summed E-state index contributed by atoms with van der Waals surface area (Å²) in [5.41, 5.74) is 0.118. The van der Waals surface area contributed by atoms with E-state index in [0.29, 0.717) is 0 Å². The standard InChI is InChI=1S/C13H14BrNO/c14-8-3-4-9-15-10-7-11-5-1-2-6-12(11)13(15)16/h1-2,5-7,10H,3-4,8-9H2. The smallest absolute Gasteiger partial charge is 0.258 e. The molecular formula is C13H14BrNO. The molecule has 1 aromatic carbocycles. The number of halogens is 1. The number of rotatable bonds is 4. The Balaban J connectivity index is 2.33. The number of pyridine rings is 1. The lowest BCUT2D eigenvalue weighted by Crippen LogP contribution is -2.19. The molecule has 0 radical (unpaired) electrons. The van der Waals surface area contributed by atoms with Gasteiger partial charge in [-0.2, -0.15) is 0 Å². The first-order valence-corrected chi connectivity index (χ1v) is 6.59. The monoisotopic (exact) mass is 279 g/mol. The van der Waals surface area contributed by atoms with Crippen molar-refractivity contribution in [1.29, 1.82) is 0 Å². The van der Waals surface area contributed by atoms with Gasteiger partial charge in [0.05, 0.1) is 0 Å². The second-order valence-electron chi connectivity index (χ2n) is 3.80. The number of benzene rings is 1. The molecule has 0 saturated carbocycles. The molecule has 2 nitrogen and oxygen atoms in total. The van der Waals surface area contributed by atoms with Crippen molar-refractivity contribution < 1.29 is 0 Å². The Morgan fingerprint density at radius 1 is 1.12 bits per heavy atom. The van der Waals surface area contributed by atoms with Gasteiger partial charge in [-0.15, -0.1) is 0 Å². The van der Waals surface area contributed by atoms with Crippen LogP contribution in [0.3, 0.4) is 0 Å². The highest BCUT2D eigenvalue weighted by Crippen LogP contribution is 2.08. The molecule has 0 bridgehead atoms. The summed E-state index contributed by atoms with van der Waals surface area (Å²) in [7, 11) is 0. The van der Waals surface area contributed by atoms with Gasteiger partial charge < -0.3 is 4.57 Å². The molecule has 1 heterocycles. The first kappa shape index (κ1) is 11.4. The average Bonchev–Trinajstić information content (AvgIpc) is 2.33. The Kier molecular flexibility index (Phi) is 3.78. The quantitative estimate of drug-likeness (QED) is 0.622. The summed E-state index contributed by atoms with van der Waals surface area (Å²) in [6.45, 7) is 0.801. The van der Waals surface area contributed by atoms with E-state index >= 15 is 0 Å². The summed E-state index contributed by atoms with van der Waals surface area (Å²) in [5, 5.41) is 2.82. The number of nitrogens with zero attached hydrogens (tertiary/aromatic N) is 1. The molecular weight excluding hydrogens is 266 g/mol. The zero-order valence-electron chi connectivity index (χ0n) is 9.03. The van der Waals surface area contributed by atoms with Crippen molar-refractivity contribution in [2.75, 3.05) is 5.33 Å². The molecule has 84 valence electrons. The highest BCUT2D eigenvalue weighted by atomic mass is 79.9. The van der Waals surface area contributed by atoms with Gasteiger partial charge in [0, 0.05) is 23.5 Å². The summed E-state index contributed by atoms with van der Waals surface area (Å²) in [6.07, 6.45) is 4.02. The summed E-state index contributed by atoms with van der Waals surface area (Å²) < 4.78 is 1.80. The van der Waals surface area contributed by atoms with Crippen molar-refractivity contribution in [3.8, 4) is 0 Å². The van der Waals surface area contributed by atoms with Crippen LogP contribution < -0.4 is 5.56 Å². The normalized spacial score (nSPS) is 10.8. The van der Waals surface area contributed by atoms with Gasteiger partial charge >= 0.3 is 0 Å². The molecule has 0 spiro atoms. The second kappa shape index (κ2) is 5.30. The molecule has 0 amide bonds. The predicted molar refractivity (Wildman–Crippen MR) is 71.2 cm³/mol. The molecule has 0 N–H and O–H groups in total. The van der Waals surface area contributed by atoms with E-state index in [0.717, 1.165) is 35.5 Å². The van der Waals surface area contributed by atoms with Crippen LogP contribution >= 0.6 is 15.9 Å². The summed E-state index contributed by atoms with van der Waals surface area (Å²) >= 11 is 3.39. The molecule has 0 aliphatic rings. The Morgan fingerprint density at radius 3 is 2.75 bits per heavy atom. The third-order valence-electron chi connectivity index (χ3n) is 2.67. The molecule has 0 atom stereocenters. The van der Waals surface area contributed by atoms with E-state index in [4.69, 9.17) is 0 Å². The summed E-state index contributed by atoms with van der Waals surface area (Å²) in [5.74, 6) is 0. The fraction of sp³-hybridized carbons (Fsp3) is 0.308. The van der Waals surface area contributed by atoms with Gasteiger partial charge in [-0.25, -0.2) is 0 Å². The van der Waals surface area contributed by atoms with Gasteiger partial charge in [0.1, 0.15) is 0 Å². The van der Waals surface area contributed by atoms with Crippen LogP contribution in [0, 0.1) is 0 Å². The van der Waals surface area contributed by atoms with Crippen LogP contribution in [0.25, 0.3) is 10.8 Å². The fourth-order valence-corrected chi connectivity index (χ4v) is 2.18. The first-order chi connectivity index (χ1) is 7.83. The Morgan fingerprint density at radius 2 is 1.94 bits per heavy atom. The van der Waals surface area contributed by atoms with Gasteiger partial charge in [0.2, 0.25) is 0 Å². The van der Waals surface area contributed by atoms with E-state index in [1.165, 1.54) is 0 Å². The van der Waals surface area contributed by atoms with Crippen molar-refractivity contribution >= 4 is 26.7 Å². The zero-order valence-corrected chi connectivity index (χ0v) is 10.6. The van der Waals surface area contributed by atoms with E-state index in [1.807, 2.05) is 36.5 Å². The van der Waals surface area contributed by atoms with Crippen LogP contribution in [0.4, 0.5) is 0 Å². The van der Waals surface area contributed by atoms with Crippen LogP contribution in [0.2, 0.25) is 0 Å². The number of aromatic nitrogens is 1. The molecule has 0 saturated heterocycles. The van der Waals surface area contributed by atoms with E-state index in [9.17, 15) is 4.79 Å². The van der Waals surface area contributed by atoms with Crippen LogP contribution in [0.5, 0.6) is 0 Å². The maximum atomic E-state index is 12.1. The molecule has 0 aliphatic carbocycles. The lowest BCUT2D eigenvalue weighted by molar-refractivity contribution is 0.621. The second-order valence-corrected chi connectivity index (χ2v) is 4.59. The molecule has 1 aromatic heterocycles. The Labute approximate surface area is 103 Å². The Hall–Kier alpha value is -1.09. The number of hydrogen-bond acceptors (Lipinski definition) is 1. The van der Waals surface area contributed by atoms with Crippen LogP contribution in [-0.2, 0) is 6.54 Å². The van der Waals surface area contributed by atoms with Gasteiger partial charge in [0.25, 0.3) is 5.56 Å². The van der Waals surface area contributed by atoms with E-state index in [-0.39, 0.29) is 5.56 Å². The largest absolute Gasteiger partial charge is 0.315 e. The van der Waals surface area contributed by atoms with Crippen molar-refractivity contribution in [1.82, 2.24) is 4.57 Å². The minimum atomic E-state index is 0.118. The van der Waals surface area contributed by atoms with Crippen LogP contribution in [-0.4, -0.2) is 9.90 Å². The fourth-order valence-electron chi connectivity index (χ4n) is 1.78. The van der Waals surface area contributed by atoms with Gasteiger partial charge in [-0.3, -0.25) is 4.79 Å². The third kappa shape index (κ3) is 2.35. The van der Waals surface area contributed by atoms with Crippen LogP contribution in [0.1, 0.15) is 12.8 Å². The molecule has 0 fully saturated rings. The average molecular weight is 280 g/mol. The minimum Gasteiger partial charge on any atom is -0.315 e. The predicted octanol–water partition coefficient (Wildman–Crippen LogP) is 3.18. The molecule has 0 aliphatic heterocycles. The van der Waals surface area contributed by atoms with Crippen molar-refractivity contribution in [2.45, 2.75) is 19.4 Å². The number of fused-ring (bicyclic) bond motifs is 1. The third-order valence-corrected chi connectivity index (χ3v) is 3.23. The molecule has 2 aromatic rings. The highest BCUT2D eigenvalue weighted by Gasteiger charge is 2.00. The lowest BCUT2D eigenvalue weighted by Gasteiger charge is -2.06. The number of unbranched alkanes of at least 4 members (excludes halogenated alkanes) is 1. The summed E-state index contributed by atoms with van der Waals surface area (Å²) in [4.78, 5) is 12.1. The van der Waals surface area contributed by atoms with E-state index in [2.05, 4.69) is 15.9 Å². The van der Waals surface area contributed by atoms with Crippen LogP contribution in [0.15, 0.2) is 41.3 Å². The molecule has 0 unspecified atom stereocenters. The number of aryl methyl sites for hydroxylation is 1. The number of alkyl halides is 1. The minimum absolute atomic E-state index is 0.118. The van der Waals surface area contributed by atoms with Gasteiger partial charge in [-0.05, 0) is 30.4 Å².